The normalized spacial score (nSPS) is 21.3. The molecule has 1 N–H and O–H groups in total. The van der Waals surface area contributed by atoms with Gasteiger partial charge in [-0.15, -0.1) is 0 Å². The van der Waals surface area contributed by atoms with Crippen LogP contribution in [0.4, 0.5) is 0 Å². The van der Waals surface area contributed by atoms with Gasteiger partial charge in [0.1, 0.15) is 0 Å². The Labute approximate surface area is 139 Å². The quantitative estimate of drug-likeness (QED) is 0.636. The van der Waals surface area contributed by atoms with Crippen LogP contribution in [-0.4, -0.2) is 19.0 Å². The zero-order chi connectivity index (χ0) is 15.8. The second-order valence-corrected chi connectivity index (χ2v) is 5.65. The summed E-state index contributed by atoms with van der Waals surface area (Å²) in [5.41, 5.74) is 0.778. The molecule has 1 saturated carbocycles. The molecule has 0 saturated heterocycles. The number of esters is 1. The summed E-state index contributed by atoms with van der Waals surface area (Å²) in [4.78, 5) is 23.5. The van der Waals surface area contributed by atoms with E-state index in [1.54, 1.807) is 6.08 Å². The molecular weight excluding hydrogens is 290 g/mol. The molecule has 4 heteroatoms. The summed E-state index contributed by atoms with van der Waals surface area (Å²) in [5.74, 6) is -0.195. The summed E-state index contributed by atoms with van der Waals surface area (Å²) >= 11 is 0. The lowest BCUT2D eigenvalue weighted by atomic mass is 9.88. The van der Waals surface area contributed by atoms with E-state index in [0.717, 1.165) is 31.4 Å². The minimum absolute atomic E-state index is 0. The van der Waals surface area contributed by atoms with E-state index in [1.807, 2.05) is 30.4 Å². The van der Waals surface area contributed by atoms with E-state index >= 15 is 0 Å². The number of amides is 1. The van der Waals surface area contributed by atoms with Crippen LogP contribution in [0, 0.1) is 11.8 Å². The summed E-state index contributed by atoms with van der Waals surface area (Å²) in [6.07, 6.45) is 18.2. The Bertz CT molecular complexity index is 523. The second-order valence-electron chi connectivity index (χ2n) is 5.65. The lowest BCUT2D eigenvalue weighted by Crippen LogP contribution is -2.31. The van der Waals surface area contributed by atoms with Gasteiger partial charge in [-0.25, -0.2) is 4.79 Å². The number of hydrogen-bond acceptors (Lipinski definition) is 3. The molecule has 2 rings (SSSR count). The first-order chi connectivity index (χ1) is 10.7. The summed E-state index contributed by atoms with van der Waals surface area (Å²) in [7, 11) is 1.35. The molecule has 1 amide bonds. The second kappa shape index (κ2) is 9.82. The smallest absolute Gasteiger partial charge is 0.330 e. The van der Waals surface area contributed by atoms with E-state index < -0.39 is 0 Å². The van der Waals surface area contributed by atoms with Crippen molar-refractivity contribution in [1.82, 2.24) is 5.32 Å². The highest BCUT2D eigenvalue weighted by Gasteiger charge is 2.21. The zero-order valence-electron chi connectivity index (χ0n) is 13.0. The lowest BCUT2D eigenvalue weighted by Gasteiger charge is -2.21. The summed E-state index contributed by atoms with van der Waals surface area (Å²) < 4.78 is 4.59. The minimum Gasteiger partial charge on any atom is -0.466 e. The molecule has 2 aliphatic rings. The zero-order valence-corrected chi connectivity index (χ0v) is 13.0. The van der Waals surface area contributed by atoms with Crippen LogP contribution in [0.25, 0.3) is 0 Å². The van der Waals surface area contributed by atoms with Crippen molar-refractivity contribution >= 4 is 11.9 Å². The Morgan fingerprint density at radius 3 is 2.65 bits per heavy atom. The van der Waals surface area contributed by atoms with Crippen LogP contribution in [-0.2, 0) is 14.3 Å². The topological polar surface area (TPSA) is 55.4 Å². The molecule has 0 bridgehead atoms. The fraction of sp³-hybridized carbons (Fsp3) is 0.474. The summed E-state index contributed by atoms with van der Waals surface area (Å²) in [5, 5.41) is 3.01. The maximum Gasteiger partial charge on any atom is 0.330 e. The number of nitrogens with one attached hydrogen (secondary N) is 1. The van der Waals surface area contributed by atoms with E-state index in [-0.39, 0.29) is 31.1 Å². The molecule has 4 nitrogen and oxygen atoms in total. The maximum atomic E-state index is 12.3. The first-order valence-electron chi connectivity index (χ1n) is 7.83. The maximum absolute atomic E-state index is 12.3. The standard InChI is InChI=1S/C18H23NO3.CH4/c1-22-17(20)12-11-14-7-5-6-10-16(13-14)19-18(21)15-8-3-2-4-9-15;/h5-7,10-15H,2-4,8-9H2,1H3,(H,19,21);1H4/b12-11+;. The molecule has 1 fully saturated rings. The van der Waals surface area contributed by atoms with Gasteiger partial charge in [0.2, 0.25) is 5.91 Å². The van der Waals surface area contributed by atoms with Crippen molar-refractivity contribution in [1.29, 1.82) is 0 Å². The van der Waals surface area contributed by atoms with E-state index in [2.05, 4.69) is 10.1 Å². The van der Waals surface area contributed by atoms with Crippen molar-refractivity contribution in [3.05, 3.63) is 48.2 Å². The number of rotatable bonds is 4. The number of carbonyl (C=O) groups is 2. The lowest BCUT2D eigenvalue weighted by molar-refractivity contribution is -0.134. The Balaban J connectivity index is 0.00000264. The van der Waals surface area contributed by atoms with Crippen LogP contribution < -0.4 is 5.32 Å². The highest BCUT2D eigenvalue weighted by molar-refractivity contribution is 5.82. The number of carbonyl (C=O) groups excluding carboxylic acids is 2. The molecule has 0 aromatic heterocycles. The van der Waals surface area contributed by atoms with Gasteiger partial charge in [-0.2, -0.15) is 0 Å². The molecule has 0 aromatic rings. The molecule has 0 heterocycles. The van der Waals surface area contributed by atoms with Gasteiger partial charge in [-0.3, -0.25) is 4.79 Å². The van der Waals surface area contributed by atoms with Crippen LogP contribution in [0.3, 0.4) is 0 Å². The van der Waals surface area contributed by atoms with Crippen molar-refractivity contribution in [2.24, 2.45) is 11.8 Å². The molecule has 0 spiro atoms. The van der Waals surface area contributed by atoms with E-state index in [1.165, 1.54) is 19.6 Å². The number of ether oxygens (including phenoxy) is 1. The fourth-order valence-corrected chi connectivity index (χ4v) is 2.74. The average Bonchev–Trinajstić information content (AvgIpc) is 2.78. The van der Waals surface area contributed by atoms with E-state index in [0.29, 0.717) is 0 Å². The van der Waals surface area contributed by atoms with Crippen LogP contribution in [0.5, 0.6) is 0 Å². The summed E-state index contributed by atoms with van der Waals surface area (Å²) in [6.45, 7) is 0. The van der Waals surface area contributed by atoms with Crippen molar-refractivity contribution in [2.45, 2.75) is 39.5 Å². The third kappa shape index (κ3) is 6.27. The highest BCUT2D eigenvalue weighted by Crippen LogP contribution is 2.24. The largest absolute Gasteiger partial charge is 0.466 e. The molecule has 126 valence electrons. The number of hydrogen-bond donors (Lipinski definition) is 1. The average molecular weight is 317 g/mol. The highest BCUT2D eigenvalue weighted by atomic mass is 16.5. The fourth-order valence-electron chi connectivity index (χ4n) is 2.74. The third-order valence-corrected chi connectivity index (χ3v) is 3.99. The molecule has 0 aromatic carbocycles. The van der Waals surface area contributed by atoms with Gasteiger partial charge >= 0.3 is 5.97 Å². The third-order valence-electron chi connectivity index (χ3n) is 3.99. The van der Waals surface area contributed by atoms with Crippen LogP contribution >= 0.6 is 0 Å². The number of allylic oxidation sites excluding steroid dienone is 6. The monoisotopic (exact) mass is 317 g/mol. The Morgan fingerprint density at radius 2 is 1.96 bits per heavy atom. The van der Waals surface area contributed by atoms with Gasteiger partial charge in [-0.05, 0) is 18.9 Å². The van der Waals surface area contributed by atoms with Gasteiger partial charge in [-0.1, -0.05) is 57.1 Å². The Kier molecular flexibility index (Phi) is 8.09. The van der Waals surface area contributed by atoms with Crippen LogP contribution in [0.15, 0.2) is 48.2 Å². The molecule has 0 radical (unpaired) electrons. The Hall–Kier alpha value is -2.10. The van der Waals surface area contributed by atoms with Crippen molar-refractivity contribution in [2.75, 3.05) is 7.11 Å². The molecule has 1 unspecified atom stereocenters. The summed E-state index contributed by atoms with van der Waals surface area (Å²) in [6, 6.07) is 0. The van der Waals surface area contributed by atoms with Gasteiger partial charge in [0.15, 0.2) is 0 Å². The van der Waals surface area contributed by atoms with Gasteiger partial charge < -0.3 is 10.1 Å². The molecule has 0 aliphatic heterocycles. The molecule has 1 atom stereocenters. The van der Waals surface area contributed by atoms with Gasteiger partial charge in [0.25, 0.3) is 0 Å². The number of methoxy groups -OCH3 is 1. The van der Waals surface area contributed by atoms with Gasteiger partial charge in [0.05, 0.1) is 7.11 Å². The molecule has 23 heavy (non-hydrogen) atoms. The van der Waals surface area contributed by atoms with Crippen molar-refractivity contribution in [3.8, 4) is 0 Å². The van der Waals surface area contributed by atoms with Crippen molar-refractivity contribution in [3.63, 3.8) is 0 Å². The molecule has 2 aliphatic carbocycles. The predicted molar refractivity (Wildman–Crippen MR) is 92.5 cm³/mol. The van der Waals surface area contributed by atoms with Gasteiger partial charge in [0, 0.05) is 23.6 Å². The van der Waals surface area contributed by atoms with Crippen molar-refractivity contribution < 1.29 is 14.3 Å². The Morgan fingerprint density at radius 1 is 1.22 bits per heavy atom. The van der Waals surface area contributed by atoms with E-state index in [9.17, 15) is 9.59 Å². The van der Waals surface area contributed by atoms with Crippen LogP contribution in [0.2, 0.25) is 0 Å². The first kappa shape index (κ1) is 18.9. The van der Waals surface area contributed by atoms with E-state index in [4.69, 9.17) is 0 Å². The minimum atomic E-state index is -0.383. The first-order valence-corrected chi connectivity index (χ1v) is 7.83. The SMILES string of the molecule is C.COC(=O)/C=C/C1C=CC=CC(NC(=O)C2CCCCC2)=C1. The molecular formula is C19H27NO3. The van der Waals surface area contributed by atoms with Crippen LogP contribution in [0.1, 0.15) is 39.5 Å². The predicted octanol–water partition coefficient (Wildman–Crippen LogP) is 3.67.